The first-order valence-corrected chi connectivity index (χ1v) is 8.18. The highest BCUT2D eigenvalue weighted by Gasteiger charge is 2.34. The quantitative estimate of drug-likeness (QED) is 0.937. The van der Waals surface area contributed by atoms with Crippen LogP contribution < -0.4 is 5.32 Å². The number of hydrogen-bond donors (Lipinski definition) is 1. The molecule has 0 bridgehead atoms. The number of amides is 1. The molecule has 2 aromatic heterocycles. The Labute approximate surface area is 130 Å². The minimum atomic E-state index is 0.0240. The highest BCUT2D eigenvalue weighted by atomic mass is 16.2. The maximum Gasteiger partial charge on any atom is 0.237 e. The van der Waals surface area contributed by atoms with Gasteiger partial charge in [0.05, 0.1) is 17.9 Å². The van der Waals surface area contributed by atoms with E-state index in [4.69, 9.17) is 0 Å². The second-order valence-corrected chi connectivity index (χ2v) is 6.55. The van der Waals surface area contributed by atoms with E-state index in [9.17, 15) is 4.79 Å². The zero-order valence-electron chi connectivity index (χ0n) is 13.0. The van der Waals surface area contributed by atoms with Crippen LogP contribution in [-0.4, -0.2) is 38.8 Å². The second-order valence-electron chi connectivity index (χ2n) is 6.55. The van der Waals surface area contributed by atoms with E-state index in [1.807, 2.05) is 6.20 Å². The lowest BCUT2D eigenvalue weighted by Gasteiger charge is -2.23. The summed E-state index contributed by atoms with van der Waals surface area (Å²) in [5.74, 6) is 0.213. The van der Waals surface area contributed by atoms with Gasteiger partial charge in [-0.05, 0) is 50.8 Å². The zero-order chi connectivity index (χ0) is 15.1. The summed E-state index contributed by atoms with van der Waals surface area (Å²) in [7, 11) is 0. The Kier molecular flexibility index (Phi) is 3.37. The fraction of sp³-hybridized carbons (Fsp3) is 0.529. The highest BCUT2D eigenvalue weighted by molar-refractivity contribution is 5.82. The Balaban J connectivity index is 1.53. The molecule has 22 heavy (non-hydrogen) atoms. The SMILES string of the molecule is Cc1cccn2c(CN3CCCC3C(=O)NC3CC3)cnc12. The monoisotopic (exact) mass is 298 g/mol. The minimum Gasteiger partial charge on any atom is -0.352 e. The van der Waals surface area contributed by atoms with Crippen molar-refractivity contribution in [3.8, 4) is 0 Å². The van der Waals surface area contributed by atoms with Crippen molar-refractivity contribution in [2.75, 3.05) is 6.54 Å². The molecular weight excluding hydrogens is 276 g/mol. The van der Waals surface area contributed by atoms with Crippen LogP contribution in [0.25, 0.3) is 5.65 Å². The molecule has 116 valence electrons. The lowest BCUT2D eigenvalue weighted by Crippen LogP contribution is -2.43. The van der Waals surface area contributed by atoms with Gasteiger partial charge in [-0.15, -0.1) is 0 Å². The number of fused-ring (bicyclic) bond motifs is 1. The van der Waals surface area contributed by atoms with Crippen LogP contribution in [0.3, 0.4) is 0 Å². The summed E-state index contributed by atoms with van der Waals surface area (Å²) in [6.07, 6.45) is 8.35. The maximum atomic E-state index is 12.4. The van der Waals surface area contributed by atoms with Gasteiger partial charge >= 0.3 is 0 Å². The van der Waals surface area contributed by atoms with Gasteiger partial charge in [-0.25, -0.2) is 4.98 Å². The summed E-state index contributed by atoms with van der Waals surface area (Å²) in [5, 5.41) is 3.15. The van der Waals surface area contributed by atoms with Gasteiger partial charge in [0.2, 0.25) is 5.91 Å². The first kappa shape index (κ1) is 13.8. The third-order valence-corrected chi connectivity index (χ3v) is 4.76. The summed E-state index contributed by atoms with van der Waals surface area (Å²) in [6.45, 7) is 3.85. The number of pyridine rings is 1. The molecule has 4 rings (SSSR count). The molecule has 1 aliphatic carbocycles. The van der Waals surface area contributed by atoms with Crippen LogP contribution in [0, 0.1) is 6.92 Å². The molecule has 1 saturated carbocycles. The summed E-state index contributed by atoms with van der Waals surface area (Å²) in [4.78, 5) is 19.2. The molecule has 1 unspecified atom stereocenters. The van der Waals surface area contributed by atoms with E-state index < -0.39 is 0 Å². The van der Waals surface area contributed by atoms with Crippen LogP contribution in [0.1, 0.15) is 36.9 Å². The number of nitrogens with zero attached hydrogens (tertiary/aromatic N) is 3. The molecule has 2 aromatic rings. The Bertz CT molecular complexity index is 704. The third-order valence-electron chi connectivity index (χ3n) is 4.76. The average Bonchev–Trinajstić information content (AvgIpc) is 3.04. The van der Waals surface area contributed by atoms with Gasteiger partial charge in [0.25, 0.3) is 0 Å². The minimum absolute atomic E-state index is 0.0240. The number of carbonyl (C=O) groups excluding carboxylic acids is 1. The van der Waals surface area contributed by atoms with Crippen molar-refractivity contribution in [2.24, 2.45) is 0 Å². The van der Waals surface area contributed by atoms with E-state index >= 15 is 0 Å². The number of likely N-dealkylation sites (tertiary alicyclic amines) is 1. The number of nitrogens with one attached hydrogen (secondary N) is 1. The molecular formula is C17H22N4O. The van der Waals surface area contributed by atoms with Gasteiger partial charge in [-0.2, -0.15) is 0 Å². The fourth-order valence-electron chi connectivity index (χ4n) is 3.36. The molecule has 0 radical (unpaired) electrons. The molecule has 1 aliphatic heterocycles. The van der Waals surface area contributed by atoms with Gasteiger partial charge in [0.1, 0.15) is 5.65 Å². The predicted octanol–water partition coefficient (Wildman–Crippen LogP) is 1.89. The van der Waals surface area contributed by atoms with Gasteiger partial charge in [0, 0.05) is 18.8 Å². The van der Waals surface area contributed by atoms with Gasteiger partial charge < -0.3 is 9.72 Å². The van der Waals surface area contributed by atoms with Crippen molar-refractivity contribution < 1.29 is 4.79 Å². The molecule has 2 aliphatic rings. The summed E-state index contributed by atoms with van der Waals surface area (Å²) in [5.41, 5.74) is 3.35. The van der Waals surface area contributed by atoms with Gasteiger partial charge in [-0.3, -0.25) is 9.69 Å². The van der Waals surface area contributed by atoms with E-state index in [-0.39, 0.29) is 11.9 Å². The average molecular weight is 298 g/mol. The second kappa shape index (κ2) is 5.39. The topological polar surface area (TPSA) is 49.6 Å². The van der Waals surface area contributed by atoms with E-state index in [1.165, 1.54) is 5.56 Å². The molecule has 2 fully saturated rings. The van der Waals surface area contributed by atoms with E-state index in [0.29, 0.717) is 6.04 Å². The zero-order valence-corrected chi connectivity index (χ0v) is 13.0. The Morgan fingerprint density at radius 2 is 2.27 bits per heavy atom. The molecule has 1 saturated heterocycles. The van der Waals surface area contributed by atoms with Crippen molar-refractivity contribution in [3.63, 3.8) is 0 Å². The number of aromatic nitrogens is 2. The third kappa shape index (κ3) is 2.50. The number of imidazole rings is 1. The van der Waals surface area contributed by atoms with E-state index in [0.717, 1.165) is 50.1 Å². The van der Waals surface area contributed by atoms with Crippen molar-refractivity contribution in [1.82, 2.24) is 19.6 Å². The number of rotatable bonds is 4. The predicted molar refractivity (Wildman–Crippen MR) is 84.5 cm³/mol. The summed E-state index contributed by atoms with van der Waals surface area (Å²) in [6, 6.07) is 4.59. The first-order valence-electron chi connectivity index (χ1n) is 8.18. The summed E-state index contributed by atoms with van der Waals surface area (Å²) >= 11 is 0. The maximum absolute atomic E-state index is 12.4. The van der Waals surface area contributed by atoms with Crippen LogP contribution in [0.5, 0.6) is 0 Å². The normalized spacial score (nSPS) is 22.3. The Hall–Kier alpha value is -1.88. The van der Waals surface area contributed by atoms with E-state index in [1.54, 1.807) is 0 Å². The summed E-state index contributed by atoms with van der Waals surface area (Å²) < 4.78 is 2.14. The molecule has 5 nitrogen and oxygen atoms in total. The van der Waals surface area contributed by atoms with Crippen molar-refractivity contribution in [2.45, 2.75) is 51.2 Å². The fourth-order valence-corrected chi connectivity index (χ4v) is 3.36. The number of carbonyl (C=O) groups is 1. The molecule has 1 atom stereocenters. The van der Waals surface area contributed by atoms with Gasteiger partial charge in [-0.1, -0.05) is 6.07 Å². The number of aryl methyl sites for hydroxylation is 1. The highest BCUT2D eigenvalue weighted by Crippen LogP contribution is 2.24. The van der Waals surface area contributed by atoms with Gasteiger partial charge in [0.15, 0.2) is 0 Å². The lowest BCUT2D eigenvalue weighted by molar-refractivity contribution is -0.125. The standard InChI is InChI=1S/C17H22N4O/c1-12-4-2-9-21-14(10-18-16(12)21)11-20-8-3-5-15(20)17(22)19-13-6-7-13/h2,4,9-10,13,15H,3,5-8,11H2,1H3,(H,19,22). The van der Waals surface area contributed by atoms with Crippen molar-refractivity contribution >= 4 is 11.6 Å². The van der Waals surface area contributed by atoms with Crippen LogP contribution in [0.2, 0.25) is 0 Å². The lowest BCUT2D eigenvalue weighted by atomic mass is 10.2. The van der Waals surface area contributed by atoms with E-state index in [2.05, 4.69) is 44.9 Å². The molecule has 1 amide bonds. The molecule has 0 aromatic carbocycles. The number of hydrogen-bond acceptors (Lipinski definition) is 3. The van der Waals surface area contributed by atoms with Crippen LogP contribution in [0.4, 0.5) is 0 Å². The smallest absolute Gasteiger partial charge is 0.237 e. The van der Waals surface area contributed by atoms with Crippen LogP contribution in [-0.2, 0) is 11.3 Å². The first-order chi connectivity index (χ1) is 10.7. The molecule has 0 spiro atoms. The largest absolute Gasteiger partial charge is 0.352 e. The Morgan fingerprint density at radius 3 is 3.09 bits per heavy atom. The Morgan fingerprint density at radius 1 is 1.41 bits per heavy atom. The molecule has 3 heterocycles. The van der Waals surface area contributed by atoms with Crippen molar-refractivity contribution in [1.29, 1.82) is 0 Å². The van der Waals surface area contributed by atoms with Crippen LogP contribution >= 0.6 is 0 Å². The van der Waals surface area contributed by atoms with Crippen LogP contribution in [0.15, 0.2) is 24.5 Å². The molecule has 5 heteroatoms. The van der Waals surface area contributed by atoms with Crippen molar-refractivity contribution in [3.05, 3.63) is 35.8 Å². The molecule has 1 N–H and O–H groups in total.